The standard InChI is InChI=1S/C15H22N2O2S/c1-11-8-17(15(18)7-16-6-12-2-3-12)9-14(19-11)13-4-5-20-10-13/h4-5,10-12,14,16H,2-3,6-9H2,1H3. The first kappa shape index (κ1) is 14.0. The van der Waals surface area contributed by atoms with Crippen LogP contribution in [0.15, 0.2) is 16.8 Å². The molecule has 2 heterocycles. The molecule has 2 aliphatic rings. The molecule has 20 heavy (non-hydrogen) atoms. The number of nitrogens with zero attached hydrogens (tertiary/aromatic N) is 1. The molecule has 3 rings (SSSR count). The monoisotopic (exact) mass is 294 g/mol. The molecule has 0 spiro atoms. The van der Waals surface area contributed by atoms with Gasteiger partial charge in [0.1, 0.15) is 6.10 Å². The molecule has 1 saturated heterocycles. The minimum Gasteiger partial charge on any atom is -0.367 e. The lowest BCUT2D eigenvalue weighted by atomic mass is 10.1. The van der Waals surface area contributed by atoms with Gasteiger partial charge in [-0.3, -0.25) is 4.79 Å². The number of thiophene rings is 1. The van der Waals surface area contributed by atoms with Gasteiger partial charge in [-0.05, 0) is 54.6 Å². The molecule has 1 amide bonds. The molecular formula is C15H22N2O2S. The zero-order valence-electron chi connectivity index (χ0n) is 11.9. The summed E-state index contributed by atoms with van der Waals surface area (Å²) in [5.41, 5.74) is 1.19. The minimum atomic E-state index is 0.0254. The molecule has 1 aliphatic heterocycles. The number of carbonyl (C=O) groups is 1. The van der Waals surface area contributed by atoms with Crippen molar-refractivity contribution in [3.63, 3.8) is 0 Å². The average Bonchev–Trinajstić information content (AvgIpc) is 3.09. The second kappa shape index (κ2) is 6.24. The van der Waals surface area contributed by atoms with Crippen LogP contribution in [0.25, 0.3) is 0 Å². The highest BCUT2D eigenvalue weighted by Gasteiger charge is 2.29. The number of morpholine rings is 1. The van der Waals surface area contributed by atoms with Crippen LogP contribution < -0.4 is 5.32 Å². The number of hydrogen-bond donors (Lipinski definition) is 1. The van der Waals surface area contributed by atoms with E-state index >= 15 is 0 Å². The molecule has 0 radical (unpaired) electrons. The van der Waals surface area contributed by atoms with Gasteiger partial charge in [0.15, 0.2) is 0 Å². The fourth-order valence-electron chi connectivity index (χ4n) is 2.61. The summed E-state index contributed by atoms with van der Waals surface area (Å²) in [5, 5.41) is 7.44. The highest BCUT2D eigenvalue weighted by atomic mass is 32.1. The van der Waals surface area contributed by atoms with Crippen LogP contribution in [0.3, 0.4) is 0 Å². The predicted molar refractivity (Wildman–Crippen MR) is 79.8 cm³/mol. The Balaban J connectivity index is 1.53. The Kier molecular flexibility index (Phi) is 4.38. The Morgan fingerprint density at radius 3 is 3.05 bits per heavy atom. The molecular weight excluding hydrogens is 272 g/mol. The number of amides is 1. The summed E-state index contributed by atoms with van der Waals surface area (Å²) >= 11 is 1.67. The molecule has 1 aromatic heterocycles. The summed E-state index contributed by atoms with van der Waals surface area (Å²) in [6.45, 7) is 4.85. The van der Waals surface area contributed by atoms with Crippen molar-refractivity contribution in [1.82, 2.24) is 10.2 Å². The summed E-state index contributed by atoms with van der Waals surface area (Å²) in [4.78, 5) is 14.2. The lowest BCUT2D eigenvalue weighted by Crippen LogP contribution is -2.48. The molecule has 1 aliphatic carbocycles. The number of ether oxygens (including phenoxy) is 1. The Labute approximate surface area is 124 Å². The SMILES string of the molecule is CC1CN(C(=O)CNCC2CC2)CC(c2ccsc2)O1. The van der Waals surface area contributed by atoms with Gasteiger partial charge in [-0.2, -0.15) is 11.3 Å². The Hall–Kier alpha value is -0.910. The summed E-state index contributed by atoms with van der Waals surface area (Å²) in [6.07, 6.45) is 2.75. The number of nitrogens with one attached hydrogen (secondary N) is 1. The molecule has 110 valence electrons. The van der Waals surface area contributed by atoms with E-state index in [0.717, 1.165) is 12.5 Å². The maximum atomic E-state index is 12.3. The van der Waals surface area contributed by atoms with Gasteiger partial charge in [0.2, 0.25) is 5.91 Å². The van der Waals surface area contributed by atoms with E-state index in [1.807, 2.05) is 11.8 Å². The van der Waals surface area contributed by atoms with Gasteiger partial charge in [-0.15, -0.1) is 0 Å². The molecule has 1 aromatic rings. The molecule has 0 aromatic carbocycles. The fourth-order valence-corrected chi connectivity index (χ4v) is 3.32. The van der Waals surface area contributed by atoms with Gasteiger partial charge in [0, 0.05) is 6.54 Å². The van der Waals surface area contributed by atoms with Crippen molar-refractivity contribution in [3.8, 4) is 0 Å². The second-order valence-electron chi connectivity index (χ2n) is 5.87. The lowest BCUT2D eigenvalue weighted by Gasteiger charge is -2.36. The second-order valence-corrected chi connectivity index (χ2v) is 6.65. The van der Waals surface area contributed by atoms with Gasteiger partial charge in [0.25, 0.3) is 0 Å². The van der Waals surface area contributed by atoms with Crippen LogP contribution in [-0.2, 0) is 9.53 Å². The quantitative estimate of drug-likeness (QED) is 0.903. The molecule has 1 saturated carbocycles. The molecule has 2 fully saturated rings. The van der Waals surface area contributed by atoms with Crippen LogP contribution in [-0.4, -0.2) is 43.1 Å². The van der Waals surface area contributed by atoms with Crippen LogP contribution in [0.4, 0.5) is 0 Å². The average molecular weight is 294 g/mol. The van der Waals surface area contributed by atoms with Crippen molar-refractivity contribution < 1.29 is 9.53 Å². The maximum absolute atomic E-state index is 12.3. The van der Waals surface area contributed by atoms with Gasteiger partial charge in [0.05, 0.1) is 19.2 Å². The van der Waals surface area contributed by atoms with Crippen molar-refractivity contribution in [3.05, 3.63) is 22.4 Å². The third-order valence-corrected chi connectivity index (χ3v) is 4.64. The summed E-state index contributed by atoms with van der Waals surface area (Å²) < 4.78 is 5.96. The van der Waals surface area contributed by atoms with Crippen LogP contribution in [0.2, 0.25) is 0 Å². The van der Waals surface area contributed by atoms with Crippen LogP contribution in [0.5, 0.6) is 0 Å². The molecule has 2 atom stereocenters. The molecule has 4 nitrogen and oxygen atoms in total. The summed E-state index contributed by atoms with van der Waals surface area (Å²) in [7, 11) is 0. The third kappa shape index (κ3) is 3.59. The Bertz CT molecular complexity index is 445. The topological polar surface area (TPSA) is 41.6 Å². The fraction of sp³-hybridized carbons (Fsp3) is 0.667. The third-order valence-electron chi connectivity index (χ3n) is 3.93. The Morgan fingerprint density at radius 2 is 2.35 bits per heavy atom. The van der Waals surface area contributed by atoms with Crippen molar-refractivity contribution in [2.75, 3.05) is 26.2 Å². The normalized spacial score (nSPS) is 26.8. The van der Waals surface area contributed by atoms with Crippen molar-refractivity contribution in [2.45, 2.75) is 32.0 Å². The van der Waals surface area contributed by atoms with Gasteiger partial charge in [-0.1, -0.05) is 0 Å². The van der Waals surface area contributed by atoms with Gasteiger partial charge < -0.3 is 15.0 Å². The number of rotatable bonds is 5. The zero-order valence-corrected chi connectivity index (χ0v) is 12.7. The predicted octanol–water partition coefficient (Wildman–Crippen LogP) is 2.04. The van der Waals surface area contributed by atoms with Gasteiger partial charge >= 0.3 is 0 Å². The highest BCUT2D eigenvalue weighted by molar-refractivity contribution is 7.07. The molecule has 5 heteroatoms. The van der Waals surface area contributed by atoms with E-state index < -0.39 is 0 Å². The van der Waals surface area contributed by atoms with Crippen LogP contribution >= 0.6 is 11.3 Å². The Morgan fingerprint density at radius 1 is 1.50 bits per heavy atom. The minimum absolute atomic E-state index is 0.0254. The maximum Gasteiger partial charge on any atom is 0.236 e. The van der Waals surface area contributed by atoms with E-state index in [-0.39, 0.29) is 18.1 Å². The highest BCUT2D eigenvalue weighted by Crippen LogP contribution is 2.28. The van der Waals surface area contributed by atoms with E-state index in [1.54, 1.807) is 11.3 Å². The summed E-state index contributed by atoms with van der Waals surface area (Å²) in [6, 6.07) is 2.08. The molecule has 1 N–H and O–H groups in total. The van der Waals surface area contributed by atoms with Crippen molar-refractivity contribution in [1.29, 1.82) is 0 Å². The van der Waals surface area contributed by atoms with E-state index in [9.17, 15) is 4.79 Å². The van der Waals surface area contributed by atoms with E-state index in [1.165, 1.54) is 18.4 Å². The lowest BCUT2D eigenvalue weighted by molar-refractivity contribution is -0.143. The van der Waals surface area contributed by atoms with Crippen molar-refractivity contribution >= 4 is 17.2 Å². The van der Waals surface area contributed by atoms with E-state index in [0.29, 0.717) is 19.6 Å². The zero-order chi connectivity index (χ0) is 13.9. The van der Waals surface area contributed by atoms with Crippen LogP contribution in [0.1, 0.15) is 31.4 Å². The molecule has 0 bridgehead atoms. The van der Waals surface area contributed by atoms with Crippen LogP contribution in [0, 0.1) is 5.92 Å². The van der Waals surface area contributed by atoms with E-state index in [4.69, 9.17) is 4.74 Å². The summed E-state index contributed by atoms with van der Waals surface area (Å²) in [5.74, 6) is 1.01. The van der Waals surface area contributed by atoms with E-state index in [2.05, 4.69) is 22.1 Å². The van der Waals surface area contributed by atoms with Gasteiger partial charge in [-0.25, -0.2) is 0 Å². The number of hydrogen-bond acceptors (Lipinski definition) is 4. The first-order valence-electron chi connectivity index (χ1n) is 7.38. The first-order valence-corrected chi connectivity index (χ1v) is 8.32. The van der Waals surface area contributed by atoms with Crippen molar-refractivity contribution in [2.24, 2.45) is 5.92 Å². The number of carbonyl (C=O) groups excluding carboxylic acids is 1. The smallest absolute Gasteiger partial charge is 0.236 e. The molecule has 2 unspecified atom stereocenters. The largest absolute Gasteiger partial charge is 0.367 e. The first-order chi connectivity index (χ1) is 9.72.